The van der Waals surface area contributed by atoms with Gasteiger partial charge in [-0.2, -0.15) is 5.26 Å². The van der Waals surface area contributed by atoms with Crippen LogP contribution in [0.15, 0.2) is 60.3 Å². The number of benzene rings is 2. The molecule has 0 heterocycles. The van der Waals surface area contributed by atoms with Crippen LogP contribution < -0.4 is 10.6 Å². The highest BCUT2D eigenvalue weighted by atomic mass is 35.5. The summed E-state index contributed by atoms with van der Waals surface area (Å²) in [4.78, 5) is 12.1. The molecule has 0 fully saturated rings. The second kappa shape index (κ2) is 8.70. The van der Waals surface area contributed by atoms with E-state index in [1.807, 2.05) is 12.1 Å². The molecule has 0 saturated carbocycles. The van der Waals surface area contributed by atoms with Crippen molar-refractivity contribution in [1.29, 1.82) is 5.26 Å². The Kier molecular flexibility index (Phi) is 6.35. The van der Waals surface area contributed by atoms with Gasteiger partial charge in [0, 0.05) is 12.7 Å². The molecular formula is C18H15ClFN3O. The lowest BCUT2D eigenvalue weighted by molar-refractivity contribution is -0.112. The second-order valence-corrected chi connectivity index (χ2v) is 5.35. The van der Waals surface area contributed by atoms with Crippen molar-refractivity contribution < 1.29 is 9.18 Å². The van der Waals surface area contributed by atoms with E-state index in [2.05, 4.69) is 10.6 Å². The predicted octanol–water partition coefficient (Wildman–Crippen LogP) is 3.66. The Balaban J connectivity index is 1.90. The van der Waals surface area contributed by atoms with Crippen LogP contribution in [0.5, 0.6) is 0 Å². The van der Waals surface area contributed by atoms with E-state index in [-0.39, 0.29) is 11.4 Å². The molecule has 0 aromatic heterocycles. The molecule has 2 rings (SSSR count). The molecule has 0 saturated heterocycles. The molecule has 1 amide bonds. The monoisotopic (exact) mass is 343 g/mol. The summed E-state index contributed by atoms with van der Waals surface area (Å²) < 4.78 is 13.1. The fourth-order valence-electron chi connectivity index (χ4n) is 1.98. The fourth-order valence-corrected chi connectivity index (χ4v) is 2.17. The Morgan fingerprint density at radius 1 is 1.25 bits per heavy atom. The molecule has 6 heteroatoms. The SMILES string of the molecule is N#C/C(=C/NCCc1cccc(F)c1)C(=O)Nc1ccccc1Cl. The topological polar surface area (TPSA) is 64.9 Å². The number of rotatable bonds is 6. The molecule has 0 radical (unpaired) electrons. The first-order valence-electron chi connectivity index (χ1n) is 7.24. The largest absolute Gasteiger partial charge is 0.389 e. The molecule has 0 unspecified atom stereocenters. The highest BCUT2D eigenvalue weighted by Crippen LogP contribution is 2.20. The van der Waals surface area contributed by atoms with Gasteiger partial charge < -0.3 is 10.6 Å². The quantitative estimate of drug-likeness (QED) is 0.478. The van der Waals surface area contributed by atoms with Crippen LogP contribution >= 0.6 is 11.6 Å². The first kappa shape index (κ1) is 17.5. The summed E-state index contributed by atoms with van der Waals surface area (Å²) >= 11 is 5.96. The highest BCUT2D eigenvalue weighted by Gasteiger charge is 2.10. The number of hydrogen-bond donors (Lipinski definition) is 2. The number of amides is 1. The third-order valence-corrected chi connectivity index (χ3v) is 3.51. The van der Waals surface area contributed by atoms with Crippen LogP contribution in [0, 0.1) is 17.1 Å². The summed E-state index contributed by atoms with van der Waals surface area (Å²) in [6.07, 6.45) is 1.91. The van der Waals surface area contributed by atoms with Gasteiger partial charge in [0.15, 0.2) is 0 Å². The first-order valence-corrected chi connectivity index (χ1v) is 7.62. The lowest BCUT2D eigenvalue weighted by Gasteiger charge is -2.07. The van der Waals surface area contributed by atoms with Crippen molar-refractivity contribution in [3.8, 4) is 6.07 Å². The van der Waals surface area contributed by atoms with Crippen LogP contribution in [0.4, 0.5) is 10.1 Å². The maximum atomic E-state index is 13.1. The van der Waals surface area contributed by atoms with Gasteiger partial charge in [0.2, 0.25) is 0 Å². The normalized spacial score (nSPS) is 10.8. The van der Waals surface area contributed by atoms with E-state index in [0.29, 0.717) is 23.7 Å². The number of anilines is 1. The van der Waals surface area contributed by atoms with E-state index in [0.717, 1.165) is 5.56 Å². The van der Waals surface area contributed by atoms with Crippen LogP contribution in [0.1, 0.15) is 5.56 Å². The average Bonchev–Trinajstić information content (AvgIpc) is 2.57. The van der Waals surface area contributed by atoms with E-state index in [1.165, 1.54) is 18.3 Å². The molecule has 24 heavy (non-hydrogen) atoms. The summed E-state index contributed by atoms with van der Waals surface area (Å²) in [5.74, 6) is -0.844. The number of para-hydroxylation sites is 1. The zero-order valence-corrected chi connectivity index (χ0v) is 13.5. The number of nitrogens with one attached hydrogen (secondary N) is 2. The van der Waals surface area contributed by atoms with E-state index in [4.69, 9.17) is 16.9 Å². The Labute approximate surface area is 144 Å². The van der Waals surface area contributed by atoms with Gasteiger partial charge in [0.1, 0.15) is 17.5 Å². The third kappa shape index (κ3) is 5.11. The first-order chi connectivity index (χ1) is 11.6. The Hall–Kier alpha value is -2.84. The van der Waals surface area contributed by atoms with Crippen LogP contribution in [-0.2, 0) is 11.2 Å². The number of hydrogen-bond acceptors (Lipinski definition) is 3. The second-order valence-electron chi connectivity index (χ2n) is 4.94. The third-order valence-electron chi connectivity index (χ3n) is 3.18. The van der Waals surface area contributed by atoms with Crippen molar-refractivity contribution in [3.63, 3.8) is 0 Å². The lowest BCUT2D eigenvalue weighted by atomic mass is 10.1. The minimum Gasteiger partial charge on any atom is -0.389 e. The number of halogens is 2. The maximum absolute atomic E-state index is 13.1. The summed E-state index contributed by atoms with van der Waals surface area (Å²) in [6, 6.07) is 14.9. The van der Waals surface area contributed by atoms with Crippen LogP contribution in [0.3, 0.4) is 0 Å². The number of nitrogens with zero attached hydrogens (tertiary/aromatic N) is 1. The molecule has 2 aromatic rings. The van der Waals surface area contributed by atoms with Gasteiger partial charge in [-0.3, -0.25) is 4.79 Å². The van der Waals surface area contributed by atoms with Gasteiger partial charge in [-0.05, 0) is 36.2 Å². The zero-order chi connectivity index (χ0) is 17.4. The molecule has 0 aliphatic heterocycles. The van der Waals surface area contributed by atoms with Gasteiger partial charge in [-0.1, -0.05) is 35.9 Å². The van der Waals surface area contributed by atoms with Crippen molar-refractivity contribution >= 4 is 23.2 Å². The number of carbonyl (C=O) groups is 1. The Bertz CT molecular complexity index is 799. The van der Waals surface area contributed by atoms with E-state index in [9.17, 15) is 9.18 Å². The van der Waals surface area contributed by atoms with Gasteiger partial charge >= 0.3 is 0 Å². The van der Waals surface area contributed by atoms with Gasteiger partial charge in [-0.25, -0.2) is 4.39 Å². The summed E-state index contributed by atoms with van der Waals surface area (Å²) in [5, 5.41) is 14.9. The predicted molar refractivity (Wildman–Crippen MR) is 91.9 cm³/mol. The van der Waals surface area contributed by atoms with Crippen molar-refractivity contribution in [3.05, 3.63) is 76.7 Å². The molecule has 2 aromatic carbocycles. The molecule has 0 aliphatic rings. The lowest BCUT2D eigenvalue weighted by Crippen LogP contribution is -2.18. The Morgan fingerprint density at radius 2 is 2.04 bits per heavy atom. The molecular weight excluding hydrogens is 329 g/mol. The van der Waals surface area contributed by atoms with Crippen LogP contribution in [0.25, 0.3) is 0 Å². The molecule has 0 bridgehead atoms. The van der Waals surface area contributed by atoms with Crippen molar-refractivity contribution in [2.45, 2.75) is 6.42 Å². The van der Waals surface area contributed by atoms with Gasteiger partial charge in [0.05, 0.1) is 10.7 Å². The van der Waals surface area contributed by atoms with Crippen molar-refractivity contribution in [1.82, 2.24) is 5.32 Å². The summed E-state index contributed by atoms with van der Waals surface area (Å²) in [5.41, 5.74) is 1.19. The minimum absolute atomic E-state index is 0.0749. The van der Waals surface area contributed by atoms with E-state index in [1.54, 1.807) is 30.3 Å². The number of nitriles is 1. The smallest absolute Gasteiger partial charge is 0.267 e. The zero-order valence-electron chi connectivity index (χ0n) is 12.7. The highest BCUT2D eigenvalue weighted by molar-refractivity contribution is 6.33. The molecule has 0 atom stereocenters. The van der Waals surface area contributed by atoms with Crippen LogP contribution in [0.2, 0.25) is 5.02 Å². The molecule has 122 valence electrons. The average molecular weight is 344 g/mol. The van der Waals surface area contributed by atoms with Gasteiger partial charge in [-0.15, -0.1) is 0 Å². The van der Waals surface area contributed by atoms with Crippen LogP contribution in [-0.4, -0.2) is 12.5 Å². The van der Waals surface area contributed by atoms with E-state index >= 15 is 0 Å². The molecule has 0 spiro atoms. The van der Waals surface area contributed by atoms with Gasteiger partial charge in [0.25, 0.3) is 5.91 Å². The summed E-state index contributed by atoms with van der Waals surface area (Å²) in [6.45, 7) is 0.466. The summed E-state index contributed by atoms with van der Waals surface area (Å²) in [7, 11) is 0. The fraction of sp³-hybridized carbons (Fsp3) is 0.111. The molecule has 4 nitrogen and oxygen atoms in total. The minimum atomic E-state index is -0.552. The number of carbonyl (C=O) groups excluding carboxylic acids is 1. The van der Waals surface area contributed by atoms with Crippen molar-refractivity contribution in [2.24, 2.45) is 0 Å². The standard InChI is InChI=1S/C18H15ClFN3O/c19-16-6-1-2-7-17(16)23-18(24)14(11-21)12-22-9-8-13-4-3-5-15(20)10-13/h1-7,10,12,22H,8-9H2,(H,23,24)/b14-12-. The molecule has 0 aliphatic carbocycles. The Morgan fingerprint density at radius 3 is 2.75 bits per heavy atom. The maximum Gasteiger partial charge on any atom is 0.267 e. The van der Waals surface area contributed by atoms with Crippen molar-refractivity contribution in [2.75, 3.05) is 11.9 Å². The van der Waals surface area contributed by atoms with E-state index < -0.39 is 5.91 Å². The molecule has 2 N–H and O–H groups in total.